The molecule has 3 aromatic rings. The average Bonchev–Trinajstić information content (AvgIpc) is 2.91. The van der Waals surface area contributed by atoms with Gasteiger partial charge in [0, 0.05) is 46.7 Å². The Morgan fingerprint density at radius 1 is 0.763 bits per heavy atom. The minimum absolute atomic E-state index is 0.0203. The van der Waals surface area contributed by atoms with E-state index in [2.05, 4.69) is 10.7 Å². The molecule has 2 aliphatic heterocycles. The summed E-state index contributed by atoms with van der Waals surface area (Å²) < 4.78 is 56.9. The normalized spacial score (nSPS) is 22.1. The number of piperidine rings is 2. The number of nitrogens with one attached hydrogen (secondary N) is 1. The summed E-state index contributed by atoms with van der Waals surface area (Å²) in [6.07, 6.45) is 5.06. The van der Waals surface area contributed by atoms with Crippen molar-refractivity contribution in [3.8, 4) is 0 Å². The van der Waals surface area contributed by atoms with Crippen LogP contribution in [0.25, 0.3) is 21.5 Å². The fraction of sp³-hybridized carbons (Fsp3) is 0.462. The first-order valence-electron chi connectivity index (χ1n) is 12.9. The van der Waals surface area contributed by atoms with E-state index >= 15 is 0 Å². The molecule has 0 radical (unpaired) electrons. The lowest BCUT2D eigenvalue weighted by Crippen LogP contribution is -2.41. The highest BCUT2D eigenvalue weighted by Gasteiger charge is 2.33. The highest BCUT2D eigenvalue weighted by molar-refractivity contribution is 7.89. The largest absolute Gasteiger partial charge is 0.291 e. The van der Waals surface area contributed by atoms with Gasteiger partial charge in [-0.05, 0) is 69.0 Å². The molecule has 38 heavy (non-hydrogen) atoms. The third-order valence-electron chi connectivity index (χ3n) is 7.93. The Bertz CT molecular complexity index is 1620. The van der Waals surface area contributed by atoms with Crippen LogP contribution < -0.4 is 5.48 Å². The summed E-state index contributed by atoms with van der Waals surface area (Å²) in [5.74, 6) is 0. The first-order chi connectivity index (χ1) is 18.1. The predicted molar refractivity (Wildman–Crippen MR) is 147 cm³/mol. The van der Waals surface area contributed by atoms with Crippen molar-refractivity contribution in [3.63, 3.8) is 0 Å². The monoisotopic (exact) mass is 560 g/mol. The fourth-order valence-corrected chi connectivity index (χ4v) is 9.28. The van der Waals surface area contributed by atoms with E-state index in [0.717, 1.165) is 38.5 Å². The van der Waals surface area contributed by atoms with Crippen LogP contribution >= 0.6 is 0 Å². The maximum atomic E-state index is 13.5. The van der Waals surface area contributed by atoms with Crippen LogP contribution in [-0.4, -0.2) is 55.8 Å². The van der Waals surface area contributed by atoms with Gasteiger partial charge in [-0.3, -0.25) is 10.7 Å². The molecule has 0 spiro atoms. The van der Waals surface area contributed by atoms with Crippen LogP contribution in [0.3, 0.4) is 0 Å². The van der Waals surface area contributed by atoms with Gasteiger partial charge in [0.15, 0.2) is 0 Å². The van der Waals surface area contributed by atoms with Gasteiger partial charge >= 0.3 is 0 Å². The maximum absolute atomic E-state index is 13.5. The predicted octanol–water partition coefficient (Wildman–Crippen LogP) is 5.32. The molecule has 5 rings (SSSR count). The molecular formula is C26H32N4O6S2. The molecule has 204 valence electrons. The van der Waals surface area contributed by atoms with E-state index < -0.39 is 20.0 Å². The Hall–Kier alpha value is -2.64. The zero-order valence-electron chi connectivity index (χ0n) is 21.4. The second-order valence-corrected chi connectivity index (χ2v) is 14.0. The highest BCUT2D eigenvalue weighted by Crippen LogP contribution is 2.43. The highest BCUT2D eigenvalue weighted by atomic mass is 32.2. The van der Waals surface area contributed by atoms with Crippen molar-refractivity contribution in [2.75, 3.05) is 18.6 Å². The van der Waals surface area contributed by atoms with Gasteiger partial charge in [0.25, 0.3) is 0 Å². The van der Waals surface area contributed by atoms with Crippen LogP contribution in [0.2, 0.25) is 0 Å². The zero-order chi connectivity index (χ0) is 27.2. The quantitative estimate of drug-likeness (QED) is 0.237. The van der Waals surface area contributed by atoms with Gasteiger partial charge in [-0.25, -0.2) is 16.8 Å². The third-order valence-corrected chi connectivity index (χ3v) is 12.0. The Morgan fingerprint density at radius 2 is 1.26 bits per heavy atom. The van der Waals surface area contributed by atoms with Crippen molar-refractivity contribution in [3.05, 3.63) is 41.3 Å². The molecule has 3 aromatic carbocycles. The molecule has 2 atom stereocenters. The average molecular weight is 561 g/mol. The van der Waals surface area contributed by atoms with Gasteiger partial charge in [0.2, 0.25) is 20.0 Å². The van der Waals surface area contributed by atoms with Gasteiger partial charge in [0.05, 0.1) is 15.5 Å². The van der Waals surface area contributed by atoms with E-state index in [4.69, 9.17) is 0 Å². The molecule has 2 fully saturated rings. The maximum Gasteiger partial charge on any atom is 0.243 e. The molecule has 0 bridgehead atoms. The molecule has 0 saturated carbocycles. The number of anilines is 1. The Labute approximate surface area is 222 Å². The van der Waals surface area contributed by atoms with Crippen molar-refractivity contribution in [2.45, 2.75) is 74.2 Å². The van der Waals surface area contributed by atoms with E-state index in [9.17, 15) is 26.9 Å². The summed E-state index contributed by atoms with van der Waals surface area (Å²) in [4.78, 5) is 12.2. The van der Waals surface area contributed by atoms with Crippen molar-refractivity contribution < 1.29 is 22.0 Å². The van der Waals surface area contributed by atoms with Crippen LogP contribution in [0.5, 0.6) is 0 Å². The molecule has 0 unspecified atom stereocenters. The minimum Gasteiger partial charge on any atom is -0.291 e. The number of benzene rings is 3. The summed E-state index contributed by atoms with van der Waals surface area (Å²) in [5.41, 5.74) is 2.30. The molecule has 2 saturated heterocycles. The van der Waals surface area contributed by atoms with Crippen LogP contribution in [0.4, 0.5) is 11.4 Å². The van der Waals surface area contributed by atoms with Crippen LogP contribution in [-0.2, 0) is 20.0 Å². The van der Waals surface area contributed by atoms with Crippen LogP contribution in [0.1, 0.15) is 52.4 Å². The lowest BCUT2D eigenvalue weighted by molar-refractivity contribution is 0.268. The first kappa shape index (κ1) is 26.9. The van der Waals surface area contributed by atoms with E-state index in [1.807, 2.05) is 13.8 Å². The topological polar surface area (TPSA) is 136 Å². The number of hydrogen-bond acceptors (Lipinski definition) is 8. The summed E-state index contributed by atoms with van der Waals surface area (Å²) in [6, 6.07) is 8.43. The number of nitrogens with zero attached hydrogens (tertiary/aromatic N) is 3. The van der Waals surface area contributed by atoms with Crippen molar-refractivity contribution >= 4 is 53.0 Å². The second kappa shape index (κ2) is 10.2. The summed E-state index contributed by atoms with van der Waals surface area (Å²) in [6.45, 7) is 4.62. The smallest absolute Gasteiger partial charge is 0.243 e. The molecule has 10 nitrogen and oxygen atoms in total. The van der Waals surface area contributed by atoms with Crippen molar-refractivity contribution in [2.24, 2.45) is 5.18 Å². The van der Waals surface area contributed by atoms with E-state index in [0.29, 0.717) is 29.2 Å². The van der Waals surface area contributed by atoms with E-state index in [-0.39, 0.29) is 38.6 Å². The molecule has 0 amide bonds. The lowest BCUT2D eigenvalue weighted by Gasteiger charge is -2.32. The van der Waals surface area contributed by atoms with Crippen LogP contribution in [0, 0.1) is 4.91 Å². The molecule has 0 aromatic heterocycles. The lowest BCUT2D eigenvalue weighted by atomic mass is 9.99. The summed E-state index contributed by atoms with van der Waals surface area (Å²) in [7, 11) is -7.64. The zero-order valence-corrected chi connectivity index (χ0v) is 23.1. The van der Waals surface area contributed by atoms with Gasteiger partial charge < -0.3 is 0 Å². The Kier molecular flexibility index (Phi) is 7.20. The van der Waals surface area contributed by atoms with Crippen LogP contribution in [0.15, 0.2) is 51.4 Å². The second-order valence-electron chi connectivity index (χ2n) is 10.3. The van der Waals surface area contributed by atoms with Gasteiger partial charge in [-0.2, -0.15) is 8.61 Å². The van der Waals surface area contributed by atoms with Gasteiger partial charge in [0.1, 0.15) is 5.69 Å². The Balaban J connectivity index is 1.69. The third kappa shape index (κ3) is 4.37. The molecule has 2 heterocycles. The molecule has 0 aliphatic carbocycles. The van der Waals surface area contributed by atoms with Gasteiger partial charge in [-0.1, -0.05) is 25.0 Å². The number of sulfonamides is 2. The fourth-order valence-electron chi connectivity index (χ4n) is 5.83. The SMILES string of the molecule is C[C@@H]1CCCCN1S(=O)(=O)c1ccc2c(NO)c3cc(S(=O)(=O)N4CCCC[C@H]4C)ccc3c(N=O)c2c1. The molecule has 2 N–H and O–H groups in total. The Morgan fingerprint density at radius 3 is 1.74 bits per heavy atom. The number of hydrogen-bond donors (Lipinski definition) is 2. The van der Waals surface area contributed by atoms with E-state index in [1.54, 1.807) is 0 Å². The molecular weight excluding hydrogens is 528 g/mol. The van der Waals surface area contributed by atoms with Gasteiger partial charge in [-0.15, -0.1) is 4.91 Å². The molecule has 2 aliphatic rings. The summed E-state index contributed by atoms with van der Waals surface area (Å²) >= 11 is 0. The molecule has 12 heteroatoms. The summed E-state index contributed by atoms with van der Waals surface area (Å²) in [5, 5.41) is 14.5. The minimum atomic E-state index is -3.82. The number of rotatable bonds is 6. The van der Waals surface area contributed by atoms with E-state index in [1.165, 1.54) is 45.0 Å². The number of nitroso groups, excluding NO2 is 1. The standard InChI is InChI=1S/C26H32N4O6S2/c1-17-7-3-5-13-29(17)37(33,34)19-9-11-21-23(15-19)25(27-31)22-12-10-20(16-24(22)26(21)28-32)38(35,36)30-14-6-4-8-18(30)2/h9-12,15-18,27,31H,3-8,13-14H2,1-2H3/t17-,18-/m1/s1. The number of fused-ring (bicyclic) bond motifs is 2. The van der Waals surface area contributed by atoms with Crippen molar-refractivity contribution in [1.82, 2.24) is 8.61 Å². The van der Waals surface area contributed by atoms with Crippen molar-refractivity contribution in [1.29, 1.82) is 0 Å². The first-order valence-corrected chi connectivity index (χ1v) is 15.8.